The second kappa shape index (κ2) is 10.4. The van der Waals surface area contributed by atoms with Gasteiger partial charge in [-0.1, -0.05) is 42.5 Å². The van der Waals surface area contributed by atoms with Crippen LogP contribution in [0.15, 0.2) is 91.3 Å². The molecule has 7 heteroatoms. The van der Waals surface area contributed by atoms with Gasteiger partial charge in [-0.05, 0) is 47.5 Å². The fourth-order valence-corrected chi connectivity index (χ4v) is 3.29. The highest BCUT2D eigenvalue weighted by Gasteiger charge is 2.19. The van der Waals surface area contributed by atoms with Gasteiger partial charge in [-0.3, -0.25) is 0 Å². The van der Waals surface area contributed by atoms with Crippen LogP contribution in [0.4, 0.5) is 10.2 Å². The molecule has 0 spiro atoms. The number of benzene rings is 3. The average molecular weight is 443 g/mol. The van der Waals surface area contributed by atoms with E-state index in [0.717, 1.165) is 16.9 Å². The number of aromatic nitrogens is 2. The van der Waals surface area contributed by atoms with Gasteiger partial charge in [0.05, 0.1) is 5.69 Å². The summed E-state index contributed by atoms with van der Waals surface area (Å²) in [7, 11) is 0. The van der Waals surface area contributed by atoms with Crippen molar-refractivity contribution < 1.29 is 19.0 Å². The topological polar surface area (TPSA) is 84.3 Å². The summed E-state index contributed by atoms with van der Waals surface area (Å²) in [4.78, 5) is 20.2. The molecule has 0 fully saturated rings. The Morgan fingerprint density at radius 1 is 0.939 bits per heavy atom. The van der Waals surface area contributed by atoms with Gasteiger partial charge in [-0.25, -0.2) is 19.2 Å². The molecular formula is C26H22FN3O3. The number of anilines is 1. The number of hydrogen-bond donors (Lipinski definition) is 2. The molecule has 1 heterocycles. The summed E-state index contributed by atoms with van der Waals surface area (Å²) in [6.45, 7) is 0.479. The summed E-state index contributed by atoms with van der Waals surface area (Å²) < 4.78 is 18.9. The first-order valence-corrected chi connectivity index (χ1v) is 10.4. The van der Waals surface area contributed by atoms with Crippen LogP contribution in [0.25, 0.3) is 11.3 Å². The summed E-state index contributed by atoms with van der Waals surface area (Å²) in [5.41, 5.74) is 3.28. The van der Waals surface area contributed by atoms with E-state index in [9.17, 15) is 14.3 Å². The van der Waals surface area contributed by atoms with Gasteiger partial charge in [-0.15, -0.1) is 0 Å². The normalized spacial score (nSPS) is 11.5. The fraction of sp³-hybridized carbons (Fsp3) is 0.115. The number of rotatable bonds is 9. The maximum atomic E-state index is 13.1. The quantitative estimate of drug-likeness (QED) is 0.380. The number of halogens is 1. The molecule has 0 radical (unpaired) electrons. The van der Waals surface area contributed by atoms with Crippen LogP contribution in [0, 0.1) is 5.82 Å². The molecule has 3 aromatic carbocycles. The lowest BCUT2D eigenvalue weighted by Crippen LogP contribution is -2.31. The second-order valence-electron chi connectivity index (χ2n) is 7.45. The predicted molar refractivity (Wildman–Crippen MR) is 123 cm³/mol. The minimum Gasteiger partial charge on any atom is -0.489 e. The largest absolute Gasteiger partial charge is 0.489 e. The first-order chi connectivity index (χ1) is 16.1. The van der Waals surface area contributed by atoms with Crippen molar-refractivity contribution >= 4 is 11.8 Å². The van der Waals surface area contributed by atoms with Gasteiger partial charge in [0.25, 0.3) is 0 Å². The van der Waals surface area contributed by atoms with Gasteiger partial charge in [0.2, 0.25) is 0 Å². The molecule has 0 bridgehead atoms. The van der Waals surface area contributed by atoms with Crippen LogP contribution >= 0.6 is 0 Å². The first-order valence-electron chi connectivity index (χ1n) is 10.4. The highest BCUT2D eigenvalue weighted by atomic mass is 19.1. The Kier molecular flexibility index (Phi) is 6.90. The average Bonchev–Trinajstić information content (AvgIpc) is 2.85. The first kappa shape index (κ1) is 22.0. The number of aliphatic carboxylic acids is 1. The summed E-state index contributed by atoms with van der Waals surface area (Å²) in [5, 5.41) is 12.5. The Hall–Kier alpha value is -4.26. The van der Waals surface area contributed by atoms with Crippen molar-refractivity contribution in [2.24, 2.45) is 0 Å². The van der Waals surface area contributed by atoms with E-state index in [1.54, 1.807) is 18.2 Å². The molecule has 6 nitrogen and oxygen atoms in total. The van der Waals surface area contributed by atoms with E-state index in [1.807, 2.05) is 54.6 Å². The molecule has 1 unspecified atom stereocenters. The second-order valence-corrected chi connectivity index (χ2v) is 7.45. The third-order valence-electron chi connectivity index (χ3n) is 5.04. The fourth-order valence-electron chi connectivity index (χ4n) is 3.29. The van der Waals surface area contributed by atoms with E-state index < -0.39 is 12.0 Å². The van der Waals surface area contributed by atoms with Crippen molar-refractivity contribution in [2.45, 2.75) is 19.1 Å². The lowest BCUT2D eigenvalue weighted by molar-refractivity contribution is -0.137. The molecule has 2 N–H and O–H groups in total. The number of ether oxygens (including phenoxy) is 1. The van der Waals surface area contributed by atoms with E-state index in [4.69, 9.17) is 4.74 Å². The molecule has 0 amide bonds. The van der Waals surface area contributed by atoms with Crippen molar-refractivity contribution in [1.29, 1.82) is 0 Å². The van der Waals surface area contributed by atoms with E-state index >= 15 is 0 Å². The molecule has 1 aromatic heterocycles. The molecular weight excluding hydrogens is 421 g/mol. The maximum absolute atomic E-state index is 13.1. The van der Waals surface area contributed by atoms with Crippen molar-refractivity contribution in [2.75, 3.05) is 5.32 Å². The zero-order chi connectivity index (χ0) is 23.0. The van der Waals surface area contributed by atoms with Gasteiger partial charge in [0.15, 0.2) is 0 Å². The zero-order valence-electron chi connectivity index (χ0n) is 17.7. The molecule has 0 aliphatic rings. The molecule has 4 rings (SSSR count). The third-order valence-corrected chi connectivity index (χ3v) is 5.04. The number of hydrogen-bond acceptors (Lipinski definition) is 5. The number of carboxylic acids is 1. The minimum absolute atomic E-state index is 0.183. The number of nitrogens with one attached hydrogen (secondary N) is 1. The monoisotopic (exact) mass is 443 g/mol. The van der Waals surface area contributed by atoms with E-state index in [1.165, 1.54) is 18.5 Å². The highest BCUT2D eigenvalue weighted by Crippen LogP contribution is 2.23. The molecule has 1 atom stereocenters. The van der Waals surface area contributed by atoms with Gasteiger partial charge in [0, 0.05) is 18.1 Å². The molecule has 166 valence electrons. The number of carbonyl (C=O) groups is 1. The zero-order valence-corrected chi connectivity index (χ0v) is 17.7. The summed E-state index contributed by atoms with van der Waals surface area (Å²) in [6, 6.07) is 23.9. The van der Waals surface area contributed by atoms with Crippen LogP contribution in [0.5, 0.6) is 5.75 Å². The van der Waals surface area contributed by atoms with Gasteiger partial charge >= 0.3 is 5.97 Å². The van der Waals surface area contributed by atoms with E-state index in [-0.39, 0.29) is 12.2 Å². The van der Waals surface area contributed by atoms with Crippen LogP contribution in [0.3, 0.4) is 0 Å². The summed E-state index contributed by atoms with van der Waals surface area (Å²) >= 11 is 0. The van der Waals surface area contributed by atoms with Crippen LogP contribution in [-0.2, 0) is 17.8 Å². The van der Waals surface area contributed by atoms with Crippen molar-refractivity contribution in [1.82, 2.24) is 9.97 Å². The number of carboxylic acid groups (broad SMARTS) is 1. The Balaban J connectivity index is 1.43. The van der Waals surface area contributed by atoms with Crippen molar-refractivity contribution in [3.05, 3.63) is 108 Å². The third kappa shape index (κ3) is 6.13. The number of nitrogens with zero attached hydrogens (tertiary/aromatic N) is 2. The van der Waals surface area contributed by atoms with Crippen molar-refractivity contribution in [3.8, 4) is 17.0 Å². The SMILES string of the molecule is O=C(O)C(Cc1ccc(F)cc1)Nc1cc(-c2ccc(OCc3ccccc3)cc2)ncn1. The van der Waals surface area contributed by atoms with Crippen LogP contribution in [-0.4, -0.2) is 27.1 Å². The van der Waals surface area contributed by atoms with Gasteiger partial charge in [-0.2, -0.15) is 0 Å². The summed E-state index contributed by atoms with van der Waals surface area (Å²) in [6.07, 6.45) is 1.57. The predicted octanol–water partition coefficient (Wildman–Crippen LogP) is 4.97. The molecule has 0 aliphatic carbocycles. The van der Waals surface area contributed by atoms with Gasteiger partial charge < -0.3 is 15.2 Å². The van der Waals surface area contributed by atoms with Gasteiger partial charge in [0.1, 0.15) is 36.4 Å². The Morgan fingerprint density at radius 3 is 2.36 bits per heavy atom. The van der Waals surface area contributed by atoms with Crippen molar-refractivity contribution in [3.63, 3.8) is 0 Å². The summed E-state index contributed by atoms with van der Waals surface area (Å²) in [5.74, 6) is -0.269. The van der Waals surface area contributed by atoms with E-state index in [2.05, 4.69) is 15.3 Å². The molecule has 0 aliphatic heterocycles. The lowest BCUT2D eigenvalue weighted by Gasteiger charge is -2.15. The Morgan fingerprint density at radius 2 is 1.67 bits per heavy atom. The molecule has 0 saturated carbocycles. The van der Waals surface area contributed by atoms with E-state index in [0.29, 0.717) is 23.7 Å². The minimum atomic E-state index is -1.03. The maximum Gasteiger partial charge on any atom is 0.326 e. The van der Waals surface area contributed by atoms with Crippen LogP contribution < -0.4 is 10.1 Å². The van der Waals surface area contributed by atoms with Crippen LogP contribution in [0.1, 0.15) is 11.1 Å². The smallest absolute Gasteiger partial charge is 0.326 e. The lowest BCUT2D eigenvalue weighted by atomic mass is 10.1. The Bertz CT molecular complexity index is 1200. The van der Waals surface area contributed by atoms with Crippen LogP contribution in [0.2, 0.25) is 0 Å². The Labute approximate surface area is 190 Å². The standard InChI is InChI=1S/C26H22FN3O3/c27-21-10-6-18(7-11-21)14-24(26(31)32)30-25-15-23(28-17-29-25)20-8-12-22(13-9-20)33-16-19-4-2-1-3-5-19/h1-13,15,17,24H,14,16H2,(H,31,32)(H,28,29,30). The molecule has 33 heavy (non-hydrogen) atoms. The molecule has 0 saturated heterocycles. The highest BCUT2D eigenvalue weighted by molar-refractivity contribution is 5.77. The molecule has 4 aromatic rings.